The van der Waals surface area contributed by atoms with Crippen LogP contribution >= 0.6 is 34.5 Å². The topological polar surface area (TPSA) is 59.2 Å². The largest absolute Gasteiger partial charge is 0.334 e. The van der Waals surface area contributed by atoms with Gasteiger partial charge >= 0.3 is 0 Å². The monoisotopic (exact) mass is 343 g/mol. The van der Waals surface area contributed by atoms with Crippen molar-refractivity contribution >= 4 is 40.4 Å². The van der Waals surface area contributed by atoms with Crippen LogP contribution < -0.4 is 5.73 Å². The van der Waals surface area contributed by atoms with Crippen LogP contribution in [-0.2, 0) is 6.54 Å². The summed E-state index contributed by atoms with van der Waals surface area (Å²) in [5.74, 6) is -0.163. The Hall–Kier alpha value is -1.14. The summed E-state index contributed by atoms with van der Waals surface area (Å²) in [7, 11) is 1.72. The first-order chi connectivity index (χ1) is 9.93. The minimum atomic E-state index is -0.190. The van der Waals surface area contributed by atoms with Crippen molar-refractivity contribution in [3.8, 4) is 0 Å². The molecule has 0 radical (unpaired) electrons. The zero-order chi connectivity index (χ0) is 15.6. The first-order valence-corrected chi connectivity index (χ1v) is 7.94. The van der Waals surface area contributed by atoms with Crippen LogP contribution in [0, 0.1) is 0 Å². The lowest BCUT2D eigenvalue weighted by molar-refractivity contribution is 0.0737. The lowest BCUT2D eigenvalue weighted by Crippen LogP contribution is -2.30. The van der Waals surface area contributed by atoms with E-state index >= 15 is 0 Å². The van der Waals surface area contributed by atoms with Crippen LogP contribution in [0.25, 0.3) is 0 Å². The molecule has 0 aliphatic rings. The molecule has 2 N–H and O–H groups in total. The summed E-state index contributed by atoms with van der Waals surface area (Å²) < 4.78 is 0. The maximum absolute atomic E-state index is 12.4. The smallest absolute Gasteiger partial charge is 0.273 e. The molecule has 0 aliphatic heterocycles. The predicted octanol–water partition coefficient (Wildman–Crippen LogP) is 3.74. The maximum Gasteiger partial charge on any atom is 0.273 e. The van der Waals surface area contributed by atoms with Gasteiger partial charge in [0.1, 0.15) is 10.7 Å². The van der Waals surface area contributed by atoms with Gasteiger partial charge in [-0.05, 0) is 24.6 Å². The molecule has 0 saturated heterocycles. The van der Waals surface area contributed by atoms with Crippen molar-refractivity contribution in [3.05, 3.63) is 49.9 Å². The first-order valence-electron chi connectivity index (χ1n) is 6.30. The number of amides is 1. The second-order valence-corrected chi connectivity index (χ2v) is 6.37. The standard InChI is InChI=1S/C14H15Cl2N3OS/c1-8(10-4-3-9(15)5-11(10)16)19(2)14(20)12-7-21-13(6-17)18-12/h3-5,7-8H,6,17H2,1-2H3. The van der Waals surface area contributed by atoms with Gasteiger partial charge in [-0.2, -0.15) is 0 Å². The Kier molecular flexibility index (Phi) is 5.22. The minimum Gasteiger partial charge on any atom is -0.334 e. The Labute approximate surface area is 137 Å². The summed E-state index contributed by atoms with van der Waals surface area (Å²) in [5.41, 5.74) is 6.76. The van der Waals surface area contributed by atoms with Crippen molar-refractivity contribution < 1.29 is 4.79 Å². The van der Waals surface area contributed by atoms with Crippen molar-refractivity contribution in [1.29, 1.82) is 0 Å². The van der Waals surface area contributed by atoms with Gasteiger partial charge in [-0.25, -0.2) is 4.98 Å². The van der Waals surface area contributed by atoms with E-state index in [0.717, 1.165) is 10.6 Å². The number of nitrogens with two attached hydrogens (primary N) is 1. The summed E-state index contributed by atoms with van der Waals surface area (Å²) in [5, 5.41) is 3.56. The Morgan fingerprint density at radius 1 is 1.48 bits per heavy atom. The number of aromatic nitrogens is 1. The Morgan fingerprint density at radius 2 is 2.19 bits per heavy atom. The molecule has 1 heterocycles. The fraction of sp³-hybridized carbons (Fsp3) is 0.286. The van der Waals surface area contributed by atoms with Crippen LogP contribution in [0.15, 0.2) is 23.6 Å². The van der Waals surface area contributed by atoms with E-state index in [1.54, 1.807) is 29.5 Å². The summed E-state index contributed by atoms with van der Waals surface area (Å²) in [6.07, 6.45) is 0. The summed E-state index contributed by atoms with van der Waals surface area (Å²) in [4.78, 5) is 18.2. The van der Waals surface area contributed by atoms with Gasteiger partial charge in [-0.15, -0.1) is 11.3 Å². The zero-order valence-corrected chi connectivity index (χ0v) is 14.0. The maximum atomic E-state index is 12.4. The molecule has 4 nitrogen and oxygen atoms in total. The number of thiazole rings is 1. The molecule has 0 spiro atoms. The second kappa shape index (κ2) is 6.75. The summed E-state index contributed by atoms with van der Waals surface area (Å²) >= 11 is 13.5. The molecular weight excluding hydrogens is 329 g/mol. The van der Waals surface area contributed by atoms with Gasteiger partial charge in [-0.3, -0.25) is 4.79 Å². The fourth-order valence-electron chi connectivity index (χ4n) is 1.91. The Morgan fingerprint density at radius 3 is 2.76 bits per heavy atom. The molecule has 0 saturated carbocycles. The normalized spacial score (nSPS) is 12.2. The highest BCUT2D eigenvalue weighted by molar-refractivity contribution is 7.09. The zero-order valence-electron chi connectivity index (χ0n) is 11.6. The number of hydrogen-bond acceptors (Lipinski definition) is 4. The molecule has 1 aromatic heterocycles. The fourth-order valence-corrected chi connectivity index (χ4v) is 3.12. The van der Waals surface area contributed by atoms with Gasteiger partial charge in [0, 0.05) is 29.0 Å². The molecule has 2 aromatic rings. The lowest BCUT2D eigenvalue weighted by atomic mass is 10.1. The highest BCUT2D eigenvalue weighted by Crippen LogP contribution is 2.29. The van der Waals surface area contributed by atoms with E-state index in [0.29, 0.717) is 22.3 Å². The van der Waals surface area contributed by atoms with E-state index in [1.165, 1.54) is 11.3 Å². The lowest BCUT2D eigenvalue weighted by Gasteiger charge is -2.25. The molecule has 0 aliphatic carbocycles. The van der Waals surface area contributed by atoms with Gasteiger partial charge in [0.2, 0.25) is 0 Å². The van der Waals surface area contributed by atoms with Gasteiger partial charge < -0.3 is 10.6 Å². The predicted molar refractivity (Wildman–Crippen MR) is 87.0 cm³/mol. The number of rotatable bonds is 4. The second-order valence-electron chi connectivity index (χ2n) is 4.59. The van der Waals surface area contributed by atoms with Gasteiger partial charge in [0.25, 0.3) is 5.91 Å². The van der Waals surface area contributed by atoms with Crippen molar-refractivity contribution in [2.24, 2.45) is 5.73 Å². The molecule has 112 valence electrons. The molecule has 1 amide bonds. The van der Waals surface area contributed by atoms with Gasteiger partial charge in [0.05, 0.1) is 6.04 Å². The minimum absolute atomic E-state index is 0.163. The third-order valence-electron chi connectivity index (χ3n) is 3.26. The van der Waals surface area contributed by atoms with Crippen molar-refractivity contribution in [1.82, 2.24) is 9.88 Å². The molecule has 1 atom stereocenters. The first kappa shape index (κ1) is 16.2. The van der Waals surface area contributed by atoms with Crippen LogP contribution in [0.2, 0.25) is 10.0 Å². The van der Waals surface area contributed by atoms with Crippen LogP contribution in [0.3, 0.4) is 0 Å². The Balaban J connectivity index is 2.21. The Bertz CT molecular complexity index is 659. The summed E-state index contributed by atoms with van der Waals surface area (Å²) in [6.45, 7) is 2.24. The number of nitrogens with zero attached hydrogens (tertiary/aromatic N) is 2. The summed E-state index contributed by atoms with van der Waals surface area (Å²) in [6, 6.07) is 5.06. The molecule has 21 heavy (non-hydrogen) atoms. The third kappa shape index (κ3) is 3.55. The molecule has 2 rings (SSSR count). The van der Waals surface area contributed by atoms with Crippen LogP contribution in [0.5, 0.6) is 0 Å². The highest BCUT2D eigenvalue weighted by atomic mass is 35.5. The molecule has 1 unspecified atom stereocenters. The van der Waals surface area contributed by atoms with Crippen LogP contribution in [0.1, 0.15) is 34.0 Å². The molecule has 1 aromatic carbocycles. The van der Waals surface area contributed by atoms with E-state index in [4.69, 9.17) is 28.9 Å². The number of benzene rings is 1. The van der Waals surface area contributed by atoms with Gasteiger partial charge in [0.15, 0.2) is 0 Å². The molecule has 7 heteroatoms. The van der Waals surface area contributed by atoms with E-state index < -0.39 is 0 Å². The highest BCUT2D eigenvalue weighted by Gasteiger charge is 2.22. The van der Waals surface area contributed by atoms with Crippen molar-refractivity contribution in [2.45, 2.75) is 19.5 Å². The van der Waals surface area contributed by atoms with Gasteiger partial charge in [-0.1, -0.05) is 29.3 Å². The van der Waals surface area contributed by atoms with Crippen molar-refractivity contribution in [3.63, 3.8) is 0 Å². The van der Waals surface area contributed by atoms with E-state index in [9.17, 15) is 4.79 Å². The van der Waals surface area contributed by atoms with Crippen molar-refractivity contribution in [2.75, 3.05) is 7.05 Å². The average Bonchev–Trinajstić information content (AvgIpc) is 2.94. The average molecular weight is 344 g/mol. The number of hydrogen-bond donors (Lipinski definition) is 1. The number of carbonyl (C=O) groups is 1. The molecule has 0 fully saturated rings. The van der Waals surface area contributed by atoms with E-state index in [-0.39, 0.29) is 11.9 Å². The number of carbonyl (C=O) groups excluding carboxylic acids is 1. The molecular formula is C14H15Cl2N3OS. The SMILES string of the molecule is CC(c1ccc(Cl)cc1Cl)N(C)C(=O)c1csc(CN)n1. The van der Waals surface area contributed by atoms with Crippen LogP contribution in [0.4, 0.5) is 0 Å². The van der Waals surface area contributed by atoms with Crippen LogP contribution in [-0.4, -0.2) is 22.8 Å². The number of halogens is 2. The quantitative estimate of drug-likeness (QED) is 0.919. The van der Waals surface area contributed by atoms with E-state index in [2.05, 4.69) is 4.98 Å². The van der Waals surface area contributed by atoms with E-state index in [1.807, 2.05) is 13.0 Å². The third-order valence-corrected chi connectivity index (χ3v) is 4.69. The molecule has 0 bridgehead atoms.